The van der Waals surface area contributed by atoms with Gasteiger partial charge in [-0.05, 0) is 18.2 Å². The predicted molar refractivity (Wildman–Crippen MR) is 82.6 cm³/mol. The summed E-state index contributed by atoms with van der Waals surface area (Å²) in [5.41, 5.74) is 1.93. The van der Waals surface area contributed by atoms with Crippen molar-refractivity contribution in [2.75, 3.05) is 0 Å². The molecule has 104 valence electrons. The number of hydrogen-bond donors (Lipinski definition) is 1. The number of hydrogen-bond acceptors (Lipinski definition) is 4. The summed E-state index contributed by atoms with van der Waals surface area (Å²) in [7, 11) is -0.977. The molecule has 1 aromatic carbocycles. The third-order valence-corrected chi connectivity index (χ3v) is 5.43. The molecule has 0 aliphatic heterocycles. The van der Waals surface area contributed by atoms with Crippen molar-refractivity contribution in [3.05, 3.63) is 40.5 Å². The van der Waals surface area contributed by atoms with Crippen molar-refractivity contribution in [3.8, 4) is 0 Å². The third kappa shape index (κ3) is 2.53. The molecule has 2 aromatic heterocycles. The zero-order valence-corrected chi connectivity index (χ0v) is 12.9. The molecule has 0 bridgehead atoms. The molecule has 0 saturated carbocycles. The molecule has 0 spiro atoms. The monoisotopic (exact) mass is 305 g/mol. The second-order valence-corrected chi connectivity index (χ2v) is 7.82. The van der Waals surface area contributed by atoms with Crippen molar-refractivity contribution < 1.29 is 4.21 Å². The fraction of sp³-hybridized carbons (Fsp3) is 0.286. The summed E-state index contributed by atoms with van der Waals surface area (Å²) < 4.78 is 12.2. The van der Waals surface area contributed by atoms with E-state index in [0.717, 1.165) is 32.9 Å². The lowest BCUT2D eigenvalue weighted by atomic mass is 10.2. The molecule has 0 radical (unpaired) electrons. The first-order chi connectivity index (χ1) is 9.65. The SMILES string of the molecule is CC(C)S(=O)c1ccc2n[nH]c(Cc3nccs3)c2c1. The van der Waals surface area contributed by atoms with Gasteiger partial charge in [-0.25, -0.2) is 4.98 Å². The van der Waals surface area contributed by atoms with Crippen LogP contribution in [-0.2, 0) is 17.2 Å². The van der Waals surface area contributed by atoms with Gasteiger partial charge in [0.1, 0.15) is 0 Å². The first kappa shape index (κ1) is 13.5. The number of rotatable bonds is 4. The lowest BCUT2D eigenvalue weighted by molar-refractivity contribution is 0.677. The Labute approximate surface area is 123 Å². The Morgan fingerprint density at radius 3 is 2.95 bits per heavy atom. The summed E-state index contributed by atoms with van der Waals surface area (Å²) in [6, 6.07) is 5.80. The Bertz CT molecular complexity index is 747. The number of benzene rings is 1. The minimum Gasteiger partial charge on any atom is -0.281 e. The Morgan fingerprint density at radius 1 is 1.40 bits per heavy atom. The fourth-order valence-electron chi connectivity index (χ4n) is 2.07. The van der Waals surface area contributed by atoms with E-state index in [-0.39, 0.29) is 5.25 Å². The van der Waals surface area contributed by atoms with E-state index in [2.05, 4.69) is 15.2 Å². The fourth-order valence-corrected chi connectivity index (χ4v) is 3.67. The van der Waals surface area contributed by atoms with Crippen LogP contribution in [0.2, 0.25) is 0 Å². The average Bonchev–Trinajstić information content (AvgIpc) is 3.08. The zero-order chi connectivity index (χ0) is 14.1. The molecule has 0 amide bonds. The van der Waals surface area contributed by atoms with Crippen LogP contribution in [-0.4, -0.2) is 24.6 Å². The maximum atomic E-state index is 12.2. The summed E-state index contributed by atoms with van der Waals surface area (Å²) in [6.07, 6.45) is 2.53. The lowest BCUT2D eigenvalue weighted by Gasteiger charge is -2.05. The van der Waals surface area contributed by atoms with Gasteiger partial charge in [-0.1, -0.05) is 13.8 Å². The number of nitrogens with zero attached hydrogens (tertiary/aromatic N) is 2. The Morgan fingerprint density at radius 2 is 2.25 bits per heavy atom. The smallest absolute Gasteiger partial charge is 0.0984 e. The van der Waals surface area contributed by atoms with Gasteiger partial charge in [0.15, 0.2) is 0 Å². The van der Waals surface area contributed by atoms with Crippen molar-refractivity contribution in [2.24, 2.45) is 0 Å². The number of fused-ring (bicyclic) bond motifs is 1. The Kier molecular flexibility index (Phi) is 3.67. The highest BCUT2D eigenvalue weighted by Gasteiger charge is 2.13. The van der Waals surface area contributed by atoms with Gasteiger partial charge in [0.2, 0.25) is 0 Å². The van der Waals surface area contributed by atoms with Crippen LogP contribution in [0.4, 0.5) is 0 Å². The van der Waals surface area contributed by atoms with Crippen molar-refractivity contribution in [2.45, 2.75) is 30.4 Å². The summed E-state index contributed by atoms with van der Waals surface area (Å²) >= 11 is 1.63. The number of H-pyrrole nitrogens is 1. The van der Waals surface area contributed by atoms with Crippen LogP contribution in [0.1, 0.15) is 24.5 Å². The molecule has 4 nitrogen and oxygen atoms in total. The molecule has 0 saturated heterocycles. The maximum absolute atomic E-state index is 12.2. The second kappa shape index (κ2) is 5.46. The largest absolute Gasteiger partial charge is 0.281 e. The van der Waals surface area contributed by atoms with Crippen LogP contribution >= 0.6 is 11.3 Å². The summed E-state index contributed by atoms with van der Waals surface area (Å²) in [5, 5.41) is 11.5. The molecule has 6 heteroatoms. The molecule has 2 heterocycles. The first-order valence-electron chi connectivity index (χ1n) is 6.41. The first-order valence-corrected chi connectivity index (χ1v) is 8.50. The highest BCUT2D eigenvalue weighted by molar-refractivity contribution is 7.85. The number of thiazole rings is 1. The van der Waals surface area contributed by atoms with E-state index in [1.165, 1.54) is 0 Å². The summed E-state index contributed by atoms with van der Waals surface area (Å²) in [5.74, 6) is 0. The van der Waals surface area contributed by atoms with Crippen LogP contribution in [0.5, 0.6) is 0 Å². The van der Waals surface area contributed by atoms with E-state index < -0.39 is 10.8 Å². The maximum Gasteiger partial charge on any atom is 0.0984 e. The Hall–Kier alpha value is -1.53. The third-order valence-electron chi connectivity index (χ3n) is 3.08. The van der Waals surface area contributed by atoms with Crippen molar-refractivity contribution in [1.82, 2.24) is 15.2 Å². The van der Waals surface area contributed by atoms with Crippen LogP contribution in [0.25, 0.3) is 10.9 Å². The number of aromatic amines is 1. The molecule has 3 rings (SSSR count). The molecule has 0 fully saturated rings. The van der Waals surface area contributed by atoms with Gasteiger partial charge in [-0.3, -0.25) is 9.31 Å². The van der Waals surface area contributed by atoms with Gasteiger partial charge in [0.25, 0.3) is 0 Å². The standard InChI is InChI=1S/C14H15N3OS2/c1-9(2)20(18)10-3-4-12-11(7-10)13(17-16-12)8-14-15-5-6-19-14/h3-7,9H,8H2,1-2H3,(H,16,17). The molecule has 20 heavy (non-hydrogen) atoms. The van der Waals surface area contributed by atoms with Gasteiger partial charge in [-0.2, -0.15) is 5.10 Å². The van der Waals surface area contributed by atoms with E-state index in [0.29, 0.717) is 0 Å². The van der Waals surface area contributed by atoms with Gasteiger partial charge < -0.3 is 0 Å². The van der Waals surface area contributed by atoms with Gasteiger partial charge >= 0.3 is 0 Å². The second-order valence-electron chi connectivity index (χ2n) is 4.83. The van der Waals surface area contributed by atoms with Gasteiger partial charge in [0, 0.05) is 39.2 Å². The van der Waals surface area contributed by atoms with Crippen LogP contribution in [0.15, 0.2) is 34.7 Å². The van der Waals surface area contributed by atoms with E-state index in [9.17, 15) is 4.21 Å². The summed E-state index contributed by atoms with van der Waals surface area (Å²) in [4.78, 5) is 5.15. The zero-order valence-electron chi connectivity index (χ0n) is 11.3. The minimum atomic E-state index is -0.977. The van der Waals surface area contributed by atoms with Crippen LogP contribution in [0.3, 0.4) is 0 Å². The van der Waals surface area contributed by atoms with E-state index >= 15 is 0 Å². The quantitative estimate of drug-likeness (QED) is 0.805. The normalized spacial score (nSPS) is 13.2. The van der Waals surface area contributed by atoms with Crippen molar-refractivity contribution in [1.29, 1.82) is 0 Å². The van der Waals surface area contributed by atoms with Crippen LogP contribution in [0, 0.1) is 0 Å². The molecular formula is C14H15N3OS2. The number of aromatic nitrogens is 3. The lowest BCUT2D eigenvalue weighted by Crippen LogP contribution is -2.05. The molecule has 3 aromatic rings. The van der Waals surface area contributed by atoms with Gasteiger partial charge in [-0.15, -0.1) is 11.3 Å². The van der Waals surface area contributed by atoms with Crippen LogP contribution < -0.4 is 0 Å². The van der Waals surface area contributed by atoms with Crippen molar-refractivity contribution >= 4 is 33.0 Å². The number of nitrogens with one attached hydrogen (secondary N) is 1. The molecular weight excluding hydrogens is 290 g/mol. The summed E-state index contributed by atoms with van der Waals surface area (Å²) in [6.45, 7) is 3.93. The van der Waals surface area contributed by atoms with E-state index in [4.69, 9.17) is 0 Å². The molecule has 0 aliphatic carbocycles. The molecule has 1 atom stereocenters. The minimum absolute atomic E-state index is 0.113. The van der Waals surface area contributed by atoms with E-state index in [1.54, 1.807) is 17.5 Å². The molecule has 1 unspecified atom stereocenters. The topological polar surface area (TPSA) is 58.6 Å². The van der Waals surface area contributed by atoms with Crippen molar-refractivity contribution in [3.63, 3.8) is 0 Å². The highest BCUT2D eigenvalue weighted by atomic mass is 32.2. The Balaban J connectivity index is 2.01. The highest BCUT2D eigenvalue weighted by Crippen LogP contribution is 2.23. The predicted octanol–water partition coefficient (Wildman–Crippen LogP) is 3.13. The molecule has 1 N–H and O–H groups in total. The van der Waals surface area contributed by atoms with Gasteiger partial charge in [0.05, 0.1) is 21.3 Å². The molecule has 0 aliphatic rings. The van der Waals surface area contributed by atoms with E-state index in [1.807, 2.05) is 37.4 Å². The average molecular weight is 305 g/mol.